The molecule has 2 aromatic heterocycles. The summed E-state index contributed by atoms with van der Waals surface area (Å²) in [5.41, 5.74) is 0.585. The summed E-state index contributed by atoms with van der Waals surface area (Å²) < 4.78 is 32.4. The average molecular weight is 284 g/mol. The van der Waals surface area contributed by atoms with Crippen LogP contribution in [0.25, 0.3) is 0 Å². The topological polar surface area (TPSA) is 102 Å². The maximum absolute atomic E-state index is 12.0. The first-order chi connectivity index (χ1) is 8.90. The van der Waals surface area contributed by atoms with E-state index < -0.39 is 16.0 Å². The van der Waals surface area contributed by atoms with Crippen LogP contribution in [0.1, 0.15) is 16.1 Å². The number of rotatable bonds is 5. The number of aromatic carboxylic acids is 1. The molecule has 0 bridgehead atoms. The molecule has 19 heavy (non-hydrogen) atoms. The molecule has 102 valence electrons. The Hall–Kier alpha value is -2.06. The first-order valence-electron chi connectivity index (χ1n) is 5.30. The zero-order valence-corrected chi connectivity index (χ0v) is 10.8. The number of nitrogens with zero attached hydrogens (tertiary/aromatic N) is 1. The summed E-state index contributed by atoms with van der Waals surface area (Å²) in [5, 5.41) is 8.88. The minimum atomic E-state index is -3.75. The van der Waals surface area contributed by atoms with Gasteiger partial charge in [0.15, 0.2) is 0 Å². The lowest BCUT2D eigenvalue weighted by Crippen LogP contribution is -2.22. The number of nitrogens with one attached hydrogen (secondary N) is 1. The van der Waals surface area contributed by atoms with Crippen LogP contribution >= 0.6 is 0 Å². The molecule has 8 heteroatoms. The number of carbonyl (C=O) groups is 1. The summed E-state index contributed by atoms with van der Waals surface area (Å²) >= 11 is 0. The summed E-state index contributed by atoms with van der Waals surface area (Å²) in [6, 6.07) is 2.75. The predicted octanol–water partition coefficient (Wildman–Crippen LogP) is 0.795. The second-order valence-corrected chi connectivity index (χ2v) is 5.70. The van der Waals surface area contributed by atoms with Crippen molar-refractivity contribution >= 4 is 16.0 Å². The Morgan fingerprint density at radius 2 is 2.26 bits per heavy atom. The third-order valence-electron chi connectivity index (χ3n) is 2.56. The molecular weight excluding hydrogens is 272 g/mol. The summed E-state index contributed by atoms with van der Waals surface area (Å²) in [7, 11) is -2.28. The second-order valence-electron chi connectivity index (χ2n) is 3.93. The van der Waals surface area contributed by atoms with Crippen LogP contribution < -0.4 is 4.72 Å². The van der Waals surface area contributed by atoms with Crippen LogP contribution in [-0.2, 0) is 23.6 Å². The molecule has 0 aromatic carbocycles. The van der Waals surface area contributed by atoms with Crippen molar-refractivity contribution in [1.82, 2.24) is 9.29 Å². The minimum absolute atomic E-state index is 0.0795. The highest BCUT2D eigenvalue weighted by molar-refractivity contribution is 7.89. The molecule has 0 amide bonds. The molecule has 0 spiro atoms. The van der Waals surface area contributed by atoms with Crippen LogP contribution in [0.4, 0.5) is 0 Å². The molecule has 0 aliphatic rings. The zero-order chi connectivity index (χ0) is 14.0. The van der Waals surface area contributed by atoms with Gasteiger partial charge in [-0.05, 0) is 12.1 Å². The Labute approximate surface area is 109 Å². The van der Waals surface area contributed by atoms with Gasteiger partial charge in [0.05, 0.1) is 12.5 Å². The van der Waals surface area contributed by atoms with E-state index in [4.69, 9.17) is 9.52 Å². The lowest BCUT2D eigenvalue weighted by molar-refractivity contribution is 0.0686. The lowest BCUT2D eigenvalue weighted by atomic mass is 10.4. The van der Waals surface area contributed by atoms with Crippen molar-refractivity contribution in [2.75, 3.05) is 0 Å². The molecule has 7 nitrogen and oxygen atoms in total. The molecule has 2 N–H and O–H groups in total. The van der Waals surface area contributed by atoms with Gasteiger partial charge >= 0.3 is 5.97 Å². The van der Waals surface area contributed by atoms with E-state index in [-0.39, 0.29) is 17.1 Å². The summed E-state index contributed by atoms with van der Waals surface area (Å²) in [5.74, 6) is -1.18. The van der Waals surface area contributed by atoms with Crippen LogP contribution in [0, 0.1) is 0 Å². The highest BCUT2D eigenvalue weighted by Crippen LogP contribution is 2.14. The largest absolute Gasteiger partial charge is 0.477 e. The third-order valence-corrected chi connectivity index (χ3v) is 3.92. The SMILES string of the molecule is Cn1cc(S(=O)(=O)NCc2ccoc2)cc1C(=O)O. The number of hydrogen-bond donors (Lipinski definition) is 2. The Balaban J connectivity index is 2.20. The molecule has 2 aromatic rings. The van der Waals surface area contributed by atoms with E-state index >= 15 is 0 Å². The molecule has 0 saturated heterocycles. The Morgan fingerprint density at radius 3 is 2.79 bits per heavy atom. The molecule has 2 heterocycles. The predicted molar refractivity (Wildman–Crippen MR) is 65.1 cm³/mol. The van der Waals surface area contributed by atoms with Crippen molar-refractivity contribution in [1.29, 1.82) is 0 Å². The number of sulfonamides is 1. The normalized spacial score (nSPS) is 11.6. The van der Waals surface area contributed by atoms with Crippen molar-refractivity contribution in [2.24, 2.45) is 7.05 Å². The van der Waals surface area contributed by atoms with E-state index in [9.17, 15) is 13.2 Å². The lowest BCUT2D eigenvalue weighted by Gasteiger charge is -2.02. The molecule has 0 fully saturated rings. The Kier molecular flexibility index (Phi) is 3.45. The van der Waals surface area contributed by atoms with E-state index in [0.717, 1.165) is 6.07 Å². The number of aromatic nitrogens is 1. The van der Waals surface area contributed by atoms with Gasteiger partial charge in [-0.25, -0.2) is 17.9 Å². The van der Waals surface area contributed by atoms with Crippen molar-refractivity contribution < 1.29 is 22.7 Å². The summed E-state index contributed by atoms with van der Waals surface area (Å²) in [6.45, 7) is 0.0795. The molecule has 0 unspecified atom stereocenters. The molecule has 0 aliphatic heterocycles. The van der Waals surface area contributed by atoms with Gasteiger partial charge < -0.3 is 14.1 Å². The van der Waals surface area contributed by atoms with E-state index in [1.165, 1.54) is 30.3 Å². The summed E-state index contributed by atoms with van der Waals surface area (Å²) in [6.07, 6.45) is 4.12. The third kappa shape index (κ3) is 2.85. The van der Waals surface area contributed by atoms with E-state index in [0.29, 0.717) is 5.56 Å². The van der Waals surface area contributed by atoms with Crippen molar-refractivity contribution in [3.63, 3.8) is 0 Å². The van der Waals surface area contributed by atoms with Gasteiger partial charge in [-0.1, -0.05) is 0 Å². The van der Waals surface area contributed by atoms with E-state index in [1.54, 1.807) is 6.07 Å². The Bertz CT molecular complexity index is 685. The number of carboxylic acid groups (broad SMARTS) is 1. The molecule has 0 atom stereocenters. The molecule has 2 rings (SSSR count). The van der Waals surface area contributed by atoms with Gasteiger partial charge in [0.2, 0.25) is 10.0 Å². The van der Waals surface area contributed by atoms with Gasteiger partial charge in [0, 0.05) is 25.4 Å². The fraction of sp³-hybridized carbons (Fsp3) is 0.182. The van der Waals surface area contributed by atoms with Crippen LogP contribution in [0.15, 0.2) is 40.2 Å². The number of hydrogen-bond acceptors (Lipinski definition) is 4. The monoisotopic (exact) mass is 284 g/mol. The number of aryl methyl sites for hydroxylation is 1. The second kappa shape index (κ2) is 4.90. The van der Waals surface area contributed by atoms with Crippen LogP contribution in [-0.4, -0.2) is 24.1 Å². The van der Waals surface area contributed by atoms with Crippen molar-refractivity contribution in [3.05, 3.63) is 42.1 Å². The van der Waals surface area contributed by atoms with Gasteiger partial charge in [-0.2, -0.15) is 0 Å². The quantitative estimate of drug-likeness (QED) is 0.845. The molecule has 0 aliphatic carbocycles. The molecular formula is C11H12N2O5S. The van der Waals surface area contributed by atoms with E-state index in [1.807, 2.05) is 0 Å². The first kappa shape index (κ1) is 13.4. The highest BCUT2D eigenvalue weighted by atomic mass is 32.2. The van der Waals surface area contributed by atoms with Crippen molar-refractivity contribution in [3.8, 4) is 0 Å². The fourth-order valence-corrected chi connectivity index (χ4v) is 2.64. The van der Waals surface area contributed by atoms with Gasteiger partial charge in [-0.15, -0.1) is 0 Å². The highest BCUT2D eigenvalue weighted by Gasteiger charge is 2.19. The van der Waals surface area contributed by atoms with Crippen LogP contribution in [0.5, 0.6) is 0 Å². The Morgan fingerprint density at radius 1 is 1.53 bits per heavy atom. The molecule has 0 radical (unpaired) electrons. The summed E-state index contributed by atoms with van der Waals surface area (Å²) in [4.78, 5) is 10.8. The zero-order valence-electron chi connectivity index (χ0n) is 10.0. The van der Waals surface area contributed by atoms with Crippen molar-refractivity contribution in [2.45, 2.75) is 11.4 Å². The standard InChI is InChI=1S/C11H12N2O5S/c1-13-6-9(4-10(13)11(14)15)19(16,17)12-5-8-2-3-18-7-8/h2-4,6-7,12H,5H2,1H3,(H,14,15). The fourth-order valence-electron chi connectivity index (χ4n) is 1.55. The first-order valence-corrected chi connectivity index (χ1v) is 6.79. The maximum Gasteiger partial charge on any atom is 0.352 e. The molecule has 0 saturated carbocycles. The maximum atomic E-state index is 12.0. The average Bonchev–Trinajstić information content (AvgIpc) is 2.95. The minimum Gasteiger partial charge on any atom is -0.477 e. The van der Waals surface area contributed by atoms with Gasteiger partial charge in [-0.3, -0.25) is 0 Å². The van der Waals surface area contributed by atoms with Gasteiger partial charge in [0.25, 0.3) is 0 Å². The number of carboxylic acids is 1. The van der Waals surface area contributed by atoms with Crippen LogP contribution in [0.3, 0.4) is 0 Å². The van der Waals surface area contributed by atoms with Crippen LogP contribution in [0.2, 0.25) is 0 Å². The van der Waals surface area contributed by atoms with Gasteiger partial charge in [0.1, 0.15) is 10.6 Å². The smallest absolute Gasteiger partial charge is 0.352 e. The number of furan rings is 1. The van der Waals surface area contributed by atoms with E-state index in [2.05, 4.69) is 4.72 Å².